The molecule has 0 amide bonds. The van der Waals surface area contributed by atoms with Crippen molar-refractivity contribution in [1.29, 1.82) is 0 Å². The van der Waals surface area contributed by atoms with Crippen molar-refractivity contribution < 1.29 is 23.2 Å². The molecule has 13 heteroatoms. The Morgan fingerprint density at radius 3 is 1.04 bits per heavy atom. The number of likely N-dealkylation sites (tertiary alicyclic amines) is 3. The van der Waals surface area contributed by atoms with Crippen LogP contribution in [-0.4, -0.2) is 145 Å². The standard InChI is InChI=1S/C21H22P.C10H19NS.2C7H13NOS.C7H17O3P.3C2H6.2CH4/c1-18(2)22(19-12-6-3-7-13-19,20-14-8-4-9-15-20)21-16-10-5-11-17-21;1-8(2)5-9-6-10(12-4)7-11(9)3;2*1-8-4-7(10-2)3-6(8)5-9;1-5-9-11(8,7(3)4)10-6-2;3*1-2;;/h3-18H,1-2H3;5,9-10H,6-7H2,1-4H3;2*5-7H,3-4H2,1-2H3;7H,5-6H2,1-4H3;3*1-2H3;2*1H4/q+1;;;;;;;;;. The van der Waals surface area contributed by atoms with Gasteiger partial charge in [0.1, 0.15) is 35.7 Å². The number of aldehydes is 2. The molecular formula is C60H110N3O5P2S3+. The van der Waals surface area contributed by atoms with Gasteiger partial charge < -0.3 is 18.6 Å². The van der Waals surface area contributed by atoms with E-state index >= 15 is 0 Å². The maximum Gasteiger partial charge on any atom is 0.333 e. The van der Waals surface area contributed by atoms with Crippen LogP contribution in [0.3, 0.4) is 0 Å². The fourth-order valence-corrected chi connectivity index (χ4v) is 16.7. The summed E-state index contributed by atoms with van der Waals surface area (Å²) in [6, 6.07) is 34.1. The Labute approximate surface area is 465 Å². The van der Waals surface area contributed by atoms with Gasteiger partial charge in [0.15, 0.2) is 0 Å². The minimum atomic E-state index is -2.79. The molecule has 3 aromatic rings. The highest BCUT2D eigenvalue weighted by Gasteiger charge is 2.48. The summed E-state index contributed by atoms with van der Waals surface area (Å²) in [5.41, 5.74) is 1.94. The maximum atomic E-state index is 11.7. The summed E-state index contributed by atoms with van der Waals surface area (Å²) in [5.74, 6) is 0. The van der Waals surface area contributed by atoms with Crippen molar-refractivity contribution in [2.24, 2.45) is 0 Å². The fourth-order valence-electron chi connectivity index (χ4n) is 8.38. The van der Waals surface area contributed by atoms with Crippen LogP contribution in [0.4, 0.5) is 0 Å². The molecule has 6 atom stereocenters. The van der Waals surface area contributed by atoms with Crippen LogP contribution in [0.1, 0.15) is 131 Å². The van der Waals surface area contributed by atoms with Gasteiger partial charge in [-0.1, -0.05) is 136 Å². The van der Waals surface area contributed by atoms with Gasteiger partial charge in [0.25, 0.3) is 0 Å². The van der Waals surface area contributed by atoms with Gasteiger partial charge in [0, 0.05) is 41.4 Å². The Morgan fingerprint density at radius 1 is 0.575 bits per heavy atom. The third-order valence-electron chi connectivity index (χ3n) is 12.0. The summed E-state index contributed by atoms with van der Waals surface area (Å²) >= 11 is 5.71. The van der Waals surface area contributed by atoms with E-state index in [1.165, 1.54) is 34.5 Å². The molecule has 422 valence electrons. The molecule has 0 aliphatic carbocycles. The predicted molar refractivity (Wildman–Crippen MR) is 340 cm³/mol. The lowest BCUT2D eigenvalue weighted by molar-refractivity contribution is -0.111. The van der Waals surface area contributed by atoms with E-state index in [1.54, 1.807) is 0 Å². The van der Waals surface area contributed by atoms with E-state index in [4.69, 9.17) is 9.05 Å². The first-order chi connectivity index (χ1) is 34.0. The van der Waals surface area contributed by atoms with Gasteiger partial charge in [-0.25, -0.2) is 0 Å². The second kappa shape index (κ2) is 45.3. The molecular weight excluding hydrogens is 1000 g/mol. The zero-order valence-corrected chi connectivity index (χ0v) is 52.4. The Bertz CT molecular complexity index is 1690. The first-order valence-electron chi connectivity index (χ1n) is 26.2. The molecule has 0 bridgehead atoms. The summed E-state index contributed by atoms with van der Waals surface area (Å²) < 4.78 is 21.8. The lowest BCUT2D eigenvalue weighted by atomic mass is 10.1. The minimum absolute atomic E-state index is 0. The van der Waals surface area contributed by atoms with Crippen LogP contribution in [0.15, 0.2) is 103 Å². The number of hydrogen-bond donors (Lipinski definition) is 0. The summed E-state index contributed by atoms with van der Waals surface area (Å²) in [6.45, 7) is 32.6. The molecule has 6 rings (SSSR count). The summed E-state index contributed by atoms with van der Waals surface area (Å²) in [4.78, 5) is 27.5. The van der Waals surface area contributed by atoms with Crippen molar-refractivity contribution in [1.82, 2.24) is 14.7 Å². The lowest BCUT2D eigenvalue weighted by Gasteiger charge is -2.31. The van der Waals surface area contributed by atoms with Crippen molar-refractivity contribution in [3.8, 4) is 0 Å². The van der Waals surface area contributed by atoms with Crippen molar-refractivity contribution in [2.75, 3.05) is 72.8 Å². The summed E-state index contributed by atoms with van der Waals surface area (Å²) in [5, 5.41) is 6.56. The van der Waals surface area contributed by atoms with Gasteiger partial charge in [0.2, 0.25) is 0 Å². The average Bonchev–Trinajstić information content (AvgIpc) is 4.08. The quantitative estimate of drug-likeness (QED) is 0.0829. The number of allylic oxidation sites excluding steroid dienone is 1. The number of carbonyl (C=O) groups excluding carboxylic acids is 2. The predicted octanol–water partition coefficient (Wildman–Crippen LogP) is 15.0. The molecule has 0 radical (unpaired) electrons. The van der Waals surface area contributed by atoms with Gasteiger partial charge in [-0.05, 0) is 137 Å². The molecule has 0 saturated carbocycles. The highest BCUT2D eigenvalue weighted by molar-refractivity contribution is 7.99. The van der Waals surface area contributed by atoms with Crippen LogP contribution in [0.5, 0.6) is 0 Å². The fraction of sp³-hybridized carbons (Fsp3) is 0.633. The second-order valence-corrected chi connectivity index (χ2v) is 27.7. The molecule has 8 nitrogen and oxygen atoms in total. The molecule has 3 aromatic carbocycles. The molecule has 0 aromatic heterocycles. The third kappa shape index (κ3) is 26.9. The van der Waals surface area contributed by atoms with Gasteiger partial charge in [-0.15, -0.1) is 0 Å². The van der Waals surface area contributed by atoms with E-state index in [1.807, 2.05) is 119 Å². The normalized spacial score (nSPS) is 20.1. The Balaban J connectivity index is -0.000000410. The van der Waals surface area contributed by atoms with Crippen LogP contribution < -0.4 is 15.9 Å². The molecule has 3 aliphatic rings. The second-order valence-electron chi connectivity index (χ2n) is 17.6. The Morgan fingerprint density at radius 2 is 0.849 bits per heavy atom. The molecule has 6 unspecified atom stereocenters. The smallest absolute Gasteiger partial charge is 0.309 e. The van der Waals surface area contributed by atoms with Crippen molar-refractivity contribution in [3.63, 3.8) is 0 Å². The van der Waals surface area contributed by atoms with Gasteiger partial charge in [-0.3, -0.25) is 19.3 Å². The zero-order valence-electron chi connectivity index (χ0n) is 48.2. The highest BCUT2D eigenvalue weighted by atomic mass is 32.2. The number of carbonyl (C=O) groups is 2. The molecule has 3 aliphatic heterocycles. The van der Waals surface area contributed by atoms with Crippen LogP contribution in [0, 0.1) is 0 Å². The number of rotatable bonds is 15. The number of nitrogens with zero attached hydrogens (tertiary/aromatic N) is 3. The highest BCUT2D eigenvalue weighted by Crippen LogP contribution is 2.59. The topological polar surface area (TPSA) is 79.4 Å². The van der Waals surface area contributed by atoms with E-state index in [0.717, 1.165) is 43.8 Å². The van der Waals surface area contributed by atoms with Crippen LogP contribution in [0.2, 0.25) is 0 Å². The van der Waals surface area contributed by atoms with Crippen LogP contribution in [-0.2, 0) is 23.2 Å². The SMILES string of the molecule is C.C.CC.CC.CC.CC(C)[P+](c1ccccc1)(c1ccccc1)c1ccccc1.CCOP(=O)(OCC)C(C)C.CSC1CC(C=C(C)C)N(C)C1.CSC1CC(C=O)N(C)C1.CSC1CC(C=O)N(C)C1. The molecule has 0 spiro atoms. The number of hydrogen-bond acceptors (Lipinski definition) is 11. The van der Waals surface area contributed by atoms with E-state index in [-0.39, 0.29) is 32.6 Å². The van der Waals surface area contributed by atoms with E-state index < -0.39 is 14.9 Å². The summed E-state index contributed by atoms with van der Waals surface area (Å²) in [6.07, 6.45) is 14.3. The number of likely N-dealkylation sites (N-methyl/N-ethyl adjacent to an activating group) is 3. The zero-order chi connectivity index (χ0) is 54.6. The molecule has 0 N–H and O–H groups in total. The Kier molecular flexibility index (Phi) is 48.2. The van der Waals surface area contributed by atoms with Gasteiger partial charge in [0.05, 0.1) is 36.6 Å². The number of thioether (sulfide) groups is 3. The molecule has 3 fully saturated rings. The van der Waals surface area contributed by atoms with Crippen molar-refractivity contribution in [3.05, 3.63) is 103 Å². The van der Waals surface area contributed by atoms with Crippen LogP contribution in [0.25, 0.3) is 0 Å². The van der Waals surface area contributed by atoms with Crippen molar-refractivity contribution in [2.45, 2.75) is 176 Å². The Hall–Kier alpha value is -1.75. The molecule has 3 heterocycles. The first-order valence-corrected chi connectivity index (χ1v) is 33.5. The third-order valence-corrected chi connectivity index (χ3v) is 22.5. The molecule has 3 saturated heterocycles. The number of benzene rings is 3. The maximum absolute atomic E-state index is 11.7. The average molecular weight is 1110 g/mol. The largest absolute Gasteiger partial charge is 0.333 e. The van der Waals surface area contributed by atoms with Gasteiger partial charge >= 0.3 is 7.60 Å². The molecule has 73 heavy (non-hydrogen) atoms. The van der Waals surface area contributed by atoms with Crippen LogP contribution >= 0.6 is 50.1 Å². The lowest BCUT2D eigenvalue weighted by Crippen LogP contribution is -2.36. The van der Waals surface area contributed by atoms with Gasteiger partial charge in [-0.2, -0.15) is 35.3 Å². The van der Waals surface area contributed by atoms with E-state index in [2.05, 4.69) is 165 Å². The van der Waals surface area contributed by atoms with E-state index in [9.17, 15) is 14.2 Å². The summed E-state index contributed by atoms with van der Waals surface area (Å²) in [7, 11) is 1.82. The monoisotopic (exact) mass is 1110 g/mol. The minimum Gasteiger partial charge on any atom is -0.309 e. The van der Waals surface area contributed by atoms with Crippen molar-refractivity contribution >= 4 is 78.6 Å². The van der Waals surface area contributed by atoms with E-state index in [0.29, 0.717) is 35.4 Å². The first kappa shape index (κ1) is 77.7.